The number of hydrogen-bond donors (Lipinski definition) is 1. The van der Waals surface area contributed by atoms with Gasteiger partial charge in [-0.15, -0.1) is 0 Å². The Hall–Kier alpha value is -0.230. The fourth-order valence-electron chi connectivity index (χ4n) is 1.19. The van der Waals surface area contributed by atoms with Crippen molar-refractivity contribution in [2.24, 2.45) is 0 Å². The molecule has 0 aliphatic rings. The summed E-state index contributed by atoms with van der Waals surface area (Å²) >= 11 is 2.19. The highest BCUT2D eigenvalue weighted by atomic mass is 127. The molecule has 0 aliphatic carbocycles. The lowest BCUT2D eigenvalue weighted by Gasteiger charge is -2.17. The highest BCUT2D eigenvalue weighted by Gasteiger charge is 2.17. The highest BCUT2D eigenvalue weighted by molar-refractivity contribution is 14.1. The number of aromatic nitrogens is 2. The minimum Gasteiger partial charge on any atom is -0.392 e. The number of aliphatic hydroxyl groups is 1. The van der Waals surface area contributed by atoms with Gasteiger partial charge in [0.05, 0.1) is 15.4 Å². The average Bonchev–Trinajstić information content (AvgIpc) is 2.16. The van der Waals surface area contributed by atoms with E-state index in [1.165, 1.54) is 6.33 Å². The van der Waals surface area contributed by atoms with Crippen LogP contribution in [-0.2, 0) is 0 Å². The van der Waals surface area contributed by atoms with E-state index in [9.17, 15) is 5.11 Å². The SMILES string of the molecule is CCC(O)C(C)c1ncncc1I. The zero-order valence-corrected chi connectivity index (χ0v) is 9.89. The summed E-state index contributed by atoms with van der Waals surface area (Å²) in [7, 11) is 0. The summed E-state index contributed by atoms with van der Waals surface area (Å²) in [6.45, 7) is 3.95. The lowest BCUT2D eigenvalue weighted by molar-refractivity contribution is 0.143. The van der Waals surface area contributed by atoms with Crippen molar-refractivity contribution in [1.29, 1.82) is 0 Å². The van der Waals surface area contributed by atoms with Gasteiger partial charge >= 0.3 is 0 Å². The van der Waals surface area contributed by atoms with E-state index in [-0.39, 0.29) is 12.0 Å². The molecule has 2 atom stereocenters. The normalized spacial score (nSPS) is 15.4. The summed E-state index contributed by atoms with van der Waals surface area (Å²) in [6.07, 6.45) is 3.72. The summed E-state index contributed by atoms with van der Waals surface area (Å²) in [6, 6.07) is 0. The molecule has 3 nitrogen and oxygen atoms in total. The van der Waals surface area contributed by atoms with E-state index in [2.05, 4.69) is 32.6 Å². The monoisotopic (exact) mass is 292 g/mol. The molecule has 72 valence electrons. The van der Waals surface area contributed by atoms with Crippen molar-refractivity contribution < 1.29 is 5.11 Å². The van der Waals surface area contributed by atoms with E-state index in [1.54, 1.807) is 6.20 Å². The lowest BCUT2D eigenvalue weighted by atomic mass is 9.99. The maximum absolute atomic E-state index is 9.64. The van der Waals surface area contributed by atoms with E-state index in [1.807, 2.05) is 13.8 Å². The third-order valence-corrected chi connectivity index (χ3v) is 2.95. The van der Waals surface area contributed by atoms with Crippen molar-refractivity contribution in [3.63, 3.8) is 0 Å². The summed E-state index contributed by atoms with van der Waals surface area (Å²) < 4.78 is 1.01. The summed E-state index contributed by atoms with van der Waals surface area (Å²) in [4.78, 5) is 8.08. The highest BCUT2D eigenvalue weighted by Crippen LogP contribution is 2.22. The molecule has 2 unspecified atom stereocenters. The Morgan fingerprint density at radius 2 is 2.31 bits per heavy atom. The fraction of sp³-hybridized carbons (Fsp3) is 0.556. The lowest BCUT2D eigenvalue weighted by Crippen LogP contribution is -2.16. The average molecular weight is 292 g/mol. The van der Waals surface area contributed by atoms with Gasteiger partial charge in [0.15, 0.2) is 0 Å². The van der Waals surface area contributed by atoms with Gasteiger partial charge in [0, 0.05) is 12.1 Å². The second-order valence-corrected chi connectivity index (χ2v) is 4.18. The van der Waals surface area contributed by atoms with Crippen LogP contribution in [0.2, 0.25) is 0 Å². The summed E-state index contributed by atoms with van der Waals surface area (Å²) in [5, 5.41) is 9.64. The molecular formula is C9H13IN2O. The van der Waals surface area contributed by atoms with Crippen molar-refractivity contribution in [3.8, 4) is 0 Å². The van der Waals surface area contributed by atoms with E-state index in [4.69, 9.17) is 0 Å². The Bertz CT molecular complexity index is 280. The summed E-state index contributed by atoms with van der Waals surface area (Å²) in [5.41, 5.74) is 0.935. The maximum atomic E-state index is 9.64. The molecule has 0 spiro atoms. The van der Waals surface area contributed by atoms with Crippen LogP contribution in [0.15, 0.2) is 12.5 Å². The molecule has 0 bridgehead atoms. The molecule has 1 N–H and O–H groups in total. The minimum absolute atomic E-state index is 0.0832. The van der Waals surface area contributed by atoms with Gasteiger partial charge < -0.3 is 5.11 Å². The second-order valence-electron chi connectivity index (χ2n) is 3.02. The number of aliphatic hydroxyl groups excluding tert-OH is 1. The van der Waals surface area contributed by atoms with E-state index < -0.39 is 0 Å². The molecule has 1 aromatic heterocycles. The minimum atomic E-state index is -0.316. The molecule has 0 aromatic carbocycles. The van der Waals surface area contributed by atoms with Crippen LogP contribution < -0.4 is 0 Å². The van der Waals surface area contributed by atoms with Crippen LogP contribution in [0, 0.1) is 3.57 Å². The molecule has 0 fully saturated rings. The van der Waals surface area contributed by atoms with Crippen LogP contribution in [-0.4, -0.2) is 21.2 Å². The van der Waals surface area contributed by atoms with Crippen LogP contribution in [0.25, 0.3) is 0 Å². The predicted octanol–water partition coefficient (Wildman–Crippen LogP) is 1.96. The van der Waals surface area contributed by atoms with Gasteiger partial charge in [-0.3, -0.25) is 0 Å². The van der Waals surface area contributed by atoms with E-state index >= 15 is 0 Å². The topological polar surface area (TPSA) is 46.0 Å². The molecular weight excluding hydrogens is 279 g/mol. The zero-order chi connectivity index (χ0) is 9.84. The van der Waals surface area contributed by atoms with Crippen LogP contribution in [0.1, 0.15) is 31.9 Å². The van der Waals surface area contributed by atoms with Crippen LogP contribution >= 0.6 is 22.6 Å². The summed E-state index contributed by atoms with van der Waals surface area (Å²) in [5.74, 6) is 0.0832. The van der Waals surface area contributed by atoms with Crippen LogP contribution in [0.4, 0.5) is 0 Å². The molecule has 4 heteroatoms. The van der Waals surface area contributed by atoms with Gasteiger partial charge in [-0.1, -0.05) is 13.8 Å². The van der Waals surface area contributed by atoms with Gasteiger partial charge in [-0.05, 0) is 29.0 Å². The number of rotatable bonds is 3. The van der Waals surface area contributed by atoms with Crippen molar-refractivity contribution >= 4 is 22.6 Å². The standard InChI is InChI=1S/C9H13IN2O/c1-3-8(13)6(2)9-7(10)4-11-5-12-9/h4-6,8,13H,3H2,1-2H3. The molecule has 0 saturated heterocycles. The molecule has 1 rings (SSSR count). The van der Waals surface area contributed by atoms with Gasteiger partial charge in [0.25, 0.3) is 0 Å². The predicted molar refractivity (Wildman–Crippen MR) is 59.5 cm³/mol. The van der Waals surface area contributed by atoms with Gasteiger partial charge in [-0.25, -0.2) is 9.97 Å². The maximum Gasteiger partial charge on any atom is 0.115 e. The third kappa shape index (κ3) is 2.60. The Kier molecular flexibility index (Phi) is 4.05. The first-order valence-electron chi connectivity index (χ1n) is 4.30. The van der Waals surface area contributed by atoms with Crippen molar-refractivity contribution in [2.75, 3.05) is 0 Å². The molecule has 0 aliphatic heterocycles. The first-order valence-corrected chi connectivity index (χ1v) is 5.38. The third-order valence-electron chi connectivity index (χ3n) is 2.12. The van der Waals surface area contributed by atoms with Crippen molar-refractivity contribution in [1.82, 2.24) is 9.97 Å². The first kappa shape index (κ1) is 10.8. The van der Waals surface area contributed by atoms with Gasteiger partial charge in [-0.2, -0.15) is 0 Å². The number of hydrogen-bond acceptors (Lipinski definition) is 3. The molecule has 13 heavy (non-hydrogen) atoms. The zero-order valence-electron chi connectivity index (χ0n) is 7.74. The first-order chi connectivity index (χ1) is 6.16. The Labute approximate surface area is 91.8 Å². The van der Waals surface area contributed by atoms with E-state index in [0.29, 0.717) is 0 Å². The van der Waals surface area contributed by atoms with Crippen molar-refractivity contribution in [3.05, 3.63) is 21.8 Å². The van der Waals surface area contributed by atoms with Gasteiger partial charge in [0.2, 0.25) is 0 Å². The molecule has 0 radical (unpaired) electrons. The van der Waals surface area contributed by atoms with Crippen LogP contribution in [0.3, 0.4) is 0 Å². The number of halogens is 1. The van der Waals surface area contributed by atoms with E-state index in [0.717, 1.165) is 15.7 Å². The molecule has 1 aromatic rings. The Morgan fingerprint density at radius 1 is 1.62 bits per heavy atom. The molecule has 0 saturated carbocycles. The fourth-order valence-corrected chi connectivity index (χ4v) is 1.98. The quantitative estimate of drug-likeness (QED) is 0.866. The Morgan fingerprint density at radius 3 is 2.85 bits per heavy atom. The number of nitrogens with zero attached hydrogens (tertiary/aromatic N) is 2. The Balaban J connectivity index is 2.88. The molecule has 0 amide bonds. The van der Waals surface area contributed by atoms with Crippen LogP contribution in [0.5, 0.6) is 0 Å². The van der Waals surface area contributed by atoms with Gasteiger partial charge in [0.1, 0.15) is 6.33 Å². The largest absolute Gasteiger partial charge is 0.392 e. The second kappa shape index (κ2) is 4.85. The molecule has 1 heterocycles. The van der Waals surface area contributed by atoms with Crippen molar-refractivity contribution in [2.45, 2.75) is 32.3 Å². The smallest absolute Gasteiger partial charge is 0.115 e.